The molecular weight excluding hydrogens is 243 g/mol. The number of thiol groups is 1. The Morgan fingerprint density at radius 2 is 2.18 bits per heavy atom. The van der Waals surface area contributed by atoms with E-state index in [0.717, 1.165) is 10.7 Å². The van der Waals surface area contributed by atoms with Crippen molar-refractivity contribution < 1.29 is 9.50 Å². The summed E-state index contributed by atoms with van der Waals surface area (Å²) >= 11 is 3.98. The summed E-state index contributed by atoms with van der Waals surface area (Å²) in [6.07, 6.45) is 0. The van der Waals surface area contributed by atoms with Crippen molar-refractivity contribution in [3.8, 4) is 11.4 Å². The van der Waals surface area contributed by atoms with Gasteiger partial charge in [0.25, 0.3) is 5.56 Å². The number of rotatable bonds is 2. The van der Waals surface area contributed by atoms with Gasteiger partial charge in [0.1, 0.15) is 17.3 Å². The van der Waals surface area contributed by atoms with E-state index in [1.165, 1.54) is 18.2 Å². The number of benzene rings is 1. The number of aromatic nitrogens is 2. The van der Waals surface area contributed by atoms with Gasteiger partial charge in [-0.25, -0.2) is 4.39 Å². The van der Waals surface area contributed by atoms with Crippen molar-refractivity contribution >= 4 is 12.6 Å². The molecule has 6 heteroatoms. The zero-order valence-corrected chi connectivity index (χ0v) is 9.56. The molecule has 88 valence electrons. The smallest absolute Gasteiger partial charge is 0.275 e. The topological polar surface area (TPSA) is 55.1 Å². The van der Waals surface area contributed by atoms with Gasteiger partial charge in [0.15, 0.2) is 0 Å². The minimum Gasteiger partial charge on any atom is -0.506 e. The van der Waals surface area contributed by atoms with Crippen molar-refractivity contribution in [3.63, 3.8) is 0 Å². The molecule has 0 aliphatic rings. The van der Waals surface area contributed by atoms with Crippen LogP contribution in [0.2, 0.25) is 0 Å². The van der Waals surface area contributed by atoms with E-state index in [9.17, 15) is 14.3 Å². The lowest BCUT2D eigenvalue weighted by Gasteiger charge is -2.07. The molecule has 0 atom stereocenters. The van der Waals surface area contributed by atoms with Crippen LogP contribution in [0.4, 0.5) is 4.39 Å². The fraction of sp³-hybridized carbons (Fsp3) is 0.0909. The Morgan fingerprint density at radius 3 is 2.82 bits per heavy atom. The van der Waals surface area contributed by atoms with E-state index in [1.54, 1.807) is 6.07 Å². The molecule has 0 saturated carbocycles. The summed E-state index contributed by atoms with van der Waals surface area (Å²) in [5.74, 6) is -0.490. The normalized spacial score (nSPS) is 10.5. The standard InChI is InChI=1S/C11H9FN2O2S/c12-7-2-1-3-8(4-7)14-11(16)5-10(15)9(6-17)13-14/h1-5,15,17H,6H2. The van der Waals surface area contributed by atoms with Crippen LogP contribution in [-0.4, -0.2) is 14.9 Å². The van der Waals surface area contributed by atoms with E-state index in [-0.39, 0.29) is 17.2 Å². The Morgan fingerprint density at radius 1 is 1.41 bits per heavy atom. The largest absolute Gasteiger partial charge is 0.506 e. The Bertz CT molecular complexity index is 613. The first-order chi connectivity index (χ1) is 8.11. The molecule has 2 rings (SSSR count). The van der Waals surface area contributed by atoms with Gasteiger partial charge < -0.3 is 5.11 Å². The van der Waals surface area contributed by atoms with Crippen LogP contribution >= 0.6 is 12.6 Å². The molecule has 1 N–H and O–H groups in total. The molecule has 0 spiro atoms. The molecule has 0 amide bonds. The predicted octanol–water partition coefficient (Wildman–Crippen LogP) is 1.51. The van der Waals surface area contributed by atoms with E-state index in [2.05, 4.69) is 17.7 Å². The number of nitrogens with zero attached hydrogens (tertiary/aromatic N) is 2. The van der Waals surface area contributed by atoms with Crippen LogP contribution in [0.5, 0.6) is 5.75 Å². The Labute approximate surface area is 102 Å². The summed E-state index contributed by atoms with van der Waals surface area (Å²) < 4.78 is 14.1. The Kier molecular flexibility index (Phi) is 3.14. The second-order valence-corrected chi connectivity index (χ2v) is 3.68. The maximum atomic E-state index is 13.0. The number of halogens is 1. The predicted molar refractivity (Wildman–Crippen MR) is 64.1 cm³/mol. The zero-order valence-electron chi connectivity index (χ0n) is 8.67. The quantitative estimate of drug-likeness (QED) is 0.796. The van der Waals surface area contributed by atoms with Gasteiger partial charge in [-0.1, -0.05) is 6.07 Å². The third kappa shape index (κ3) is 2.31. The first kappa shape index (κ1) is 11.7. The van der Waals surface area contributed by atoms with Crippen LogP contribution in [0.25, 0.3) is 5.69 Å². The van der Waals surface area contributed by atoms with E-state index in [4.69, 9.17) is 0 Å². The average molecular weight is 252 g/mol. The second kappa shape index (κ2) is 4.58. The fourth-order valence-electron chi connectivity index (χ4n) is 1.39. The van der Waals surface area contributed by atoms with Crippen molar-refractivity contribution in [2.45, 2.75) is 5.75 Å². The molecule has 17 heavy (non-hydrogen) atoms. The van der Waals surface area contributed by atoms with Gasteiger partial charge in [0.2, 0.25) is 0 Å². The summed E-state index contributed by atoms with van der Waals surface area (Å²) in [5, 5.41) is 13.3. The van der Waals surface area contributed by atoms with Crippen LogP contribution in [-0.2, 0) is 5.75 Å². The molecule has 0 aliphatic carbocycles. The monoisotopic (exact) mass is 252 g/mol. The fourth-order valence-corrected chi connectivity index (χ4v) is 1.61. The molecule has 0 radical (unpaired) electrons. The van der Waals surface area contributed by atoms with Crippen LogP contribution in [0.3, 0.4) is 0 Å². The molecule has 2 aromatic rings. The highest BCUT2D eigenvalue weighted by molar-refractivity contribution is 7.79. The third-order valence-corrected chi connectivity index (χ3v) is 2.49. The molecule has 0 bridgehead atoms. The highest BCUT2D eigenvalue weighted by Gasteiger charge is 2.08. The summed E-state index contributed by atoms with van der Waals surface area (Å²) in [7, 11) is 0. The van der Waals surface area contributed by atoms with Crippen LogP contribution < -0.4 is 5.56 Å². The molecule has 1 heterocycles. The van der Waals surface area contributed by atoms with Crippen molar-refractivity contribution in [1.82, 2.24) is 9.78 Å². The zero-order chi connectivity index (χ0) is 12.4. The van der Waals surface area contributed by atoms with Crippen molar-refractivity contribution in [3.05, 3.63) is 52.2 Å². The van der Waals surface area contributed by atoms with Gasteiger partial charge in [0, 0.05) is 11.8 Å². The summed E-state index contributed by atoms with van der Waals surface area (Å²) in [6.45, 7) is 0. The molecule has 0 aliphatic heterocycles. The molecule has 1 aromatic heterocycles. The van der Waals surface area contributed by atoms with Crippen molar-refractivity contribution in [2.75, 3.05) is 0 Å². The average Bonchev–Trinajstić information content (AvgIpc) is 2.29. The SMILES string of the molecule is O=c1cc(O)c(CS)nn1-c1cccc(F)c1. The summed E-state index contributed by atoms with van der Waals surface area (Å²) in [6, 6.07) is 6.52. The molecule has 4 nitrogen and oxygen atoms in total. The van der Waals surface area contributed by atoms with Crippen LogP contribution in [0.15, 0.2) is 35.1 Å². The number of hydrogen-bond donors (Lipinski definition) is 2. The van der Waals surface area contributed by atoms with Crippen molar-refractivity contribution in [1.29, 1.82) is 0 Å². The van der Waals surface area contributed by atoms with E-state index < -0.39 is 11.4 Å². The summed E-state index contributed by atoms with van der Waals surface area (Å²) in [5.41, 5.74) is 0.0360. The molecule has 0 unspecified atom stereocenters. The first-order valence-corrected chi connectivity index (χ1v) is 5.44. The van der Waals surface area contributed by atoms with Gasteiger partial charge in [-0.3, -0.25) is 4.79 Å². The van der Waals surface area contributed by atoms with E-state index in [1.807, 2.05) is 0 Å². The second-order valence-electron chi connectivity index (χ2n) is 3.36. The lowest BCUT2D eigenvalue weighted by atomic mass is 10.3. The van der Waals surface area contributed by atoms with Gasteiger partial charge in [0.05, 0.1) is 5.69 Å². The highest BCUT2D eigenvalue weighted by Crippen LogP contribution is 2.14. The maximum absolute atomic E-state index is 13.0. The van der Waals surface area contributed by atoms with Gasteiger partial charge in [-0.2, -0.15) is 22.4 Å². The minimum atomic E-state index is -0.529. The van der Waals surface area contributed by atoms with E-state index in [0.29, 0.717) is 5.69 Å². The molecule has 1 aromatic carbocycles. The van der Waals surface area contributed by atoms with Crippen LogP contribution in [0.1, 0.15) is 5.69 Å². The van der Waals surface area contributed by atoms with Gasteiger partial charge in [-0.05, 0) is 18.2 Å². The van der Waals surface area contributed by atoms with Gasteiger partial charge >= 0.3 is 0 Å². The Balaban J connectivity index is 2.63. The molecule has 0 fully saturated rings. The lowest BCUT2D eigenvalue weighted by molar-refractivity contribution is 0.460. The van der Waals surface area contributed by atoms with Gasteiger partial charge in [-0.15, -0.1) is 0 Å². The minimum absolute atomic E-state index is 0.182. The van der Waals surface area contributed by atoms with Crippen molar-refractivity contribution in [2.24, 2.45) is 0 Å². The highest BCUT2D eigenvalue weighted by atomic mass is 32.1. The Hall–Kier alpha value is -1.82. The third-order valence-electron chi connectivity index (χ3n) is 2.19. The first-order valence-electron chi connectivity index (χ1n) is 4.81. The molecule has 0 saturated heterocycles. The van der Waals surface area contributed by atoms with Crippen LogP contribution in [0, 0.1) is 5.82 Å². The summed E-state index contributed by atoms with van der Waals surface area (Å²) in [4.78, 5) is 11.6. The molecular formula is C11H9FN2O2S. The number of hydrogen-bond acceptors (Lipinski definition) is 4. The van der Waals surface area contributed by atoms with E-state index >= 15 is 0 Å². The number of aromatic hydroxyl groups is 1. The lowest BCUT2D eigenvalue weighted by Crippen LogP contribution is -2.21. The maximum Gasteiger partial charge on any atom is 0.275 e.